The normalized spacial score (nSPS) is 12.1. The van der Waals surface area contributed by atoms with E-state index < -0.39 is 6.10 Å². The molecule has 0 spiro atoms. The molecule has 0 amide bonds. The molecule has 0 bridgehead atoms. The van der Waals surface area contributed by atoms with E-state index in [1.807, 2.05) is 0 Å². The van der Waals surface area contributed by atoms with Gasteiger partial charge in [0.1, 0.15) is 13.2 Å². The Morgan fingerprint density at radius 3 is 0.769 bits per heavy atom. The van der Waals surface area contributed by atoms with Crippen LogP contribution >= 0.6 is 0 Å². The third-order valence-corrected chi connectivity index (χ3v) is 12.9. The molecule has 0 aromatic carbocycles. The maximum atomic E-state index is 12.8. The lowest BCUT2D eigenvalue weighted by molar-refractivity contribution is -0.167. The first kappa shape index (κ1) is 62.9. The van der Waals surface area contributed by atoms with E-state index in [0.717, 1.165) is 70.6 Å². The van der Waals surface area contributed by atoms with Gasteiger partial charge in [-0.1, -0.05) is 251 Å². The Bertz CT molecular complexity index is 1050. The quantitative estimate of drug-likeness (QED) is 0.0262. The molecule has 0 aliphatic rings. The maximum absolute atomic E-state index is 12.8. The predicted molar refractivity (Wildman–Crippen MR) is 279 cm³/mol. The van der Waals surface area contributed by atoms with E-state index in [-0.39, 0.29) is 31.1 Å². The fraction of sp³-hybridized carbons (Fsp3) is 0.881. The first-order valence-corrected chi connectivity index (χ1v) is 28.8. The Balaban J connectivity index is 4.35. The first-order chi connectivity index (χ1) is 32.0. The summed E-state index contributed by atoms with van der Waals surface area (Å²) < 4.78 is 16.9. The molecule has 0 aromatic heterocycles. The Morgan fingerprint density at radius 2 is 0.508 bits per heavy atom. The fourth-order valence-electron chi connectivity index (χ4n) is 8.55. The Hall–Kier alpha value is -2.11. The van der Waals surface area contributed by atoms with Crippen LogP contribution in [0.1, 0.15) is 316 Å². The first-order valence-electron chi connectivity index (χ1n) is 28.8. The Kier molecular flexibility index (Phi) is 52.7. The number of allylic oxidation sites excluding steroid dienone is 4. The average Bonchev–Trinajstić information content (AvgIpc) is 3.30. The molecule has 0 saturated heterocycles. The Labute approximate surface area is 404 Å². The summed E-state index contributed by atoms with van der Waals surface area (Å²) >= 11 is 0. The van der Waals surface area contributed by atoms with Crippen LogP contribution in [0.4, 0.5) is 0 Å². The molecule has 1 atom stereocenters. The number of ether oxygens (including phenoxy) is 3. The van der Waals surface area contributed by atoms with Crippen molar-refractivity contribution in [3.8, 4) is 0 Å². The monoisotopic (exact) mass is 915 g/mol. The average molecular weight is 916 g/mol. The van der Waals surface area contributed by atoms with Gasteiger partial charge in [-0.15, -0.1) is 0 Å². The molecule has 0 aromatic rings. The highest BCUT2D eigenvalue weighted by atomic mass is 16.6. The topological polar surface area (TPSA) is 78.9 Å². The van der Waals surface area contributed by atoms with E-state index in [4.69, 9.17) is 14.2 Å². The van der Waals surface area contributed by atoms with Gasteiger partial charge in [0, 0.05) is 19.3 Å². The highest BCUT2D eigenvalue weighted by molar-refractivity contribution is 5.71. The van der Waals surface area contributed by atoms with Crippen LogP contribution in [0, 0.1) is 0 Å². The van der Waals surface area contributed by atoms with Gasteiger partial charge in [-0.05, 0) is 70.6 Å². The molecule has 0 saturated carbocycles. The van der Waals surface area contributed by atoms with E-state index in [1.165, 1.54) is 205 Å². The summed E-state index contributed by atoms with van der Waals surface area (Å²) in [4.78, 5) is 38.1. The van der Waals surface area contributed by atoms with Crippen molar-refractivity contribution in [1.29, 1.82) is 0 Å². The molecule has 0 aliphatic carbocycles. The summed E-state index contributed by atoms with van der Waals surface area (Å²) in [6.07, 6.45) is 63.0. The van der Waals surface area contributed by atoms with Gasteiger partial charge in [0.25, 0.3) is 0 Å². The predicted octanol–water partition coefficient (Wildman–Crippen LogP) is 19.1. The molecule has 0 N–H and O–H groups in total. The highest BCUT2D eigenvalue weighted by Crippen LogP contribution is 2.16. The van der Waals surface area contributed by atoms with Crippen LogP contribution in [0.2, 0.25) is 0 Å². The standard InChI is InChI=1S/C59H110O6/c1-4-7-10-13-16-19-22-25-28-31-34-37-40-43-46-49-52-58(61)64-55-56(54-63-57(60)51-48-45-42-39-36-33-30-27-24-21-18-15-12-9-6-3)65-59(62)53-50-47-44-41-38-35-32-29-26-23-20-17-14-11-8-5-2/h27-28,30-31,56H,4-26,29,32-55H2,1-3H3/b30-27-,31-28-/t56-/m1/s1. The van der Waals surface area contributed by atoms with Crippen molar-refractivity contribution in [3.05, 3.63) is 24.3 Å². The van der Waals surface area contributed by atoms with Gasteiger partial charge < -0.3 is 14.2 Å². The summed E-state index contributed by atoms with van der Waals surface area (Å²) in [5, 5.41) is 0. The zero-order chi connectivity index (χ0) is 47.2. The second kappa shape index (κ2) is 54.5. The lowest BCUT2D eigenvalue weighted by Gasteiger charge is -2.18. The largest absolute Gasteiger partial charge is 0.462 e. The number of rotatable bonds is 53. The summed E-state index contributed by atoms with van der Waals surface area (Å²) in [5.74, 6) is -0.870. The molecule has 6 nitrogen and oxygen atoms in total. The van der Waals surface area contributed by atoms with E-state index >= 15 is 0 Å². The molecule has 382 valence electrons. The molecule has 65 heavy (non-hydrogen) atoms. The van der Waals surface area contributed by atoms with E-state index in [0.29, 0.717) is 19.3 Å². The van der Waals surface area contributed by atoms with Gasteiger partial charge in [-0.3, -0.25) is 14.4 Å². The van der Waals surface area contributed by atoms with Crippen molar-refractivity contribution < 1.29 is 28.6 Å². The lowest BCUT2D eigenvalue weighted by atomic mass is 10.0. The molecule has 0 aliphatic heterocycles. The van der Waals surface area contributed by atoms with Crippen LogP contribution < -0.4 is 0 Å². The molecular weight excluding hydrogens is 805 g/mol. The number of esters is 3. The zero-order valence-electron chi connectivity index (χ0n) is 43.8. The maximum Gasteiger partial charge on any atom is 0.306 e. The molecule has 6 heteroatoms. The smallest absolute Gasteiger partial charge is 0.306 e. The zero-order valence-corrected chi connectivity index (χ0v) is 43.8. The molecule has 0 radical (unpaired) electrons. The van der Waals surface area contributed by atoms with Gasteiger partial charge in [-0.2, -0.15) is 0 Å². The van der Waals surface area contributed by atoms with Gasteiger partial charge in [0.2, 0.25) is 0 Å². The molecule has 0 rings (SSSR count). The van der Waals surface area contributed by atoms with E-state index in [2.05, 4.69) is 45.1 Å². The molecule has 0 heterocycles. The number of hydrogen-bond donors (Lipinski definition) is 0. The summed E-state index contributed by atoms with van der Waals surface area (Å²) in [5.41, 5.74) is 0. The van der Waals surface area contributed by atoms with Crippen molar-refractivity contribution in [1.82, 2.24) is 0 Å². The molecular formula is C59H110O6. The number of carbonyl (C=O) groups excluding carboxylic acids is 3. The van der Waals surface area contributed by atoms with Crippen LogP contribution in [0.5, 0.6) is 0 Å². The van der Waals surface area contributed by atoms with Gasteiger partial charge in [-0.25, -0.2) is 0 Å². The van der Waals surface area contributed by atoms with Crippen molar-refractivity contribution in [2.75, 3.05) is 13.2 Å². The second-order valence-corrected chi connectivity index (χ2v) is 19.6. The van der Waals surface area contributed by atoms with Gasteiger partial charge in [0.15, 0.2) is 6.10 Å². The summed E-state index contributed by atoms with van der Waals surface area (Å²) in [7, 11) is 0. The van der Waals surface area contributed by atoms with Crippen LogP contribution in [0.3, 0.4) is 0 Å². The van der Waals surface area contributed by atoms with Crippen LogP contribution in [-0.4, -0.2) is 37.2 Å². The van der Waals surface area contributed by atoms with Crippen molar-refractivity contribution in [2.45, 2.75) is 322 Å². The molecule has 0 unspecified atom stereocenters. The third-order valence-electron chi connectivity index (χ3n) is 12.9. The minimum Gasteiger partial charge on any atom is -0.462 e. The minimum absolute atomic E-state index is 0.0740. The van der Waals surface area contributed by atoms with Crippen molar-refractivity contribution in [3.63, 3.8) is 0 Å². The van der Waals surface area contributed by atoms with Crippen molar-refractivity contribution >= 4 is 17.9 Å². The minimum atomic E-state index is -0.774. The Morgan fingerprint density at radius 1 is 0.292 bits per heavy atom. The summed E-state index contributed by atoms with van der Waals surface area (Å²) in [6, 6.07) is 0. The number of hydrogen-bond acceptors (Lipinski definition) is 6. The highest BCUT2D eigenvalue weighted by Gasteiger charge is 2.19. The van der Waals surface area contributed by atoms with Crippen LogP contribution in [0.25, 0.3) is 0 Å². The second-order valence-electron chi connectivity index (χ2n) is 19.6. The fourth-order valence-corrected chi connectivity index (χ4v) is 8.55. The van der Waals surface area contributed by atoms with E-state index in [9.17, 15) is 14.4 Å². The van der Waals surface area contributed by atoms with Crippen molar-refractivity contribution in [2.24, 2.45) is 0 Å². The third kappa shape index (κ3) is 52.7. The molecule has 0 fully saturated rings. The van der Waals surface area contributed by atoms with E-state index in [1.54, 1.807) is 0 Å². The van der Waals surface area contributed by atoms with Gasteiger partial charge >= 0.3 is 17.9 Å². The SMILES string of the molecule is CCCCCCCC/C=C\CCCCCCCC(=O)OC[C@H](COC(=O)CCCCCCC/C=C\CCCCCCCCC)OC(=O)CCCCCCCCCCCCCCCCCC. The summed E-state index contributed by atoms with van der Waals surface area (Å²) in [6.45, 7) is 6.66. The number of unbranched alkanes of at least 4 members (excludes halogenated alkanes) is 38. The lowest BCUT2D eigenvalue weighted by Crippen LogP contribution is -2.30. The van der Waals surface area contributed by atoms with Crippen LogP contribution in [0.15, 0.2) is 24.3 Å². The number of carbonyl (C=O) groups is 3. The van der Waals surface area contributed by atoms with Gasteiger partial charge in [0.05, 0.1) is 0 Å². The van der Waals surface area contributed by atoms with Crippen LogP contribution in [-0.2, 0) is 28.6 Å².